The zero-order valence-corrected chi connectivity index (χ0v) is 4.96. The van der Waals surface area contributed by atoms with Crippen LogP contribution < -0.4 is 5.73 Å². The topological polar surface area (TPSA) is 66.5 Å². The van der Waals surface area contributed by atoms with Crippen LogP contribution in [0.5, 0.6) is 0 Å². The molecule has 0 aliphatic carbocycles. The Balaban J connectivity index is 3.62. The normalized spacial score (nSPS) is 22.1. The summed E-state index contributed by atoms with van der Waals surface area (Å²) >= 11 is 0. The molecule has 0 aliphatic heterocycles. The first-order chi connectivity index (χ1) is 3.48. The van der Waals surface area contributed by atoms with Gasteiger partial charge < -0.3 is 15.9 Å². The van der Waals surface area contributed by atoms with Gasteiger partial charge in [0.1, 0.15) is 5.72 Å². The minimum Gasteiger partial charge on any atom is -0.389 e. The van der Waals surface area contributed by atoms with Gasteiger partial charge in [0.15, 0.2) is 0 Å². The molecule has 8 heavy (non-hydrogen) atoms. The highest BCUT2D eigenvalue weighted by Crippen LogP contribution is 2.03. The van der Waals surface area contributed by atoms with E-state index < -0.39 is 11.8 Å². The number of nitrogens with two attached hydrogens (primary N) is 1. The highest BCUT2D eigenvalue weighted by atomic mass is 16.4. The van der Waals surface area contributed by atoms with Crippen LogP contribution in [-0.4, -0.2) is 22.0 Å². The van der Waals surface area contributed by atoms with Gasteiger partial charge in [-0.2, -0.15) is 0 Å². The van der Waals surface area contributed by atoms with Gasteiger partial charge in [-0.3, -0.25) is 0 Å². The van der Waals surface area contributed by atoms with Gasteiger partial charge in [0, 0.05) is 0 Å². The molecule has 0 aliphatic rings. The molecular weight excluding hydrogens is 106 g/mol. The Morgan fingerprint density at radius 3 is 2.25 bits per heavy atom. The van der Waals surface area contributed by atoms with E-state index in [1.54, 1.807) is 6.92 Å². The minimum atomic E-state index is -1.69. The molecular formula is C5H12NO2. The van der Waals surface area contributed by atoms with Crippen LogP contribution >= 0.6 is 0 Å². The van der Waals surface area contributed by atoms with Crippen LogP contribution in [0, 0.1) is 6.92 Å². The van der Waals surface area contributed by atoms with E-state index in [1.807, 2.05) is 0 Å². The molecule has 0 fully saturated rings. The van der Waals surface area contributed by atoms with Crippen molar-refractivity contribution < 1.29 is 10.2 Å². The highest BCUT2D eigenvalue weighted by molar-refractivity contribution is 4.80. The lowest BCUT2D eigenvalue weighted by Gasteiger charge is -2.22. The van der Waals surface area contributed by atoms with Crippen molar-refractivity contribution in [3.8, 4) is 0 Å². The molecule has 49 valence electrons. The van der Waals surface area contributed by atoms with Crippen LogP contribution in [0.15, 0.2) is 0 Å². The van der Waals surface area contributed by atoms with Crippen LogP contribution in [0.4, 0.5) is 0 Å². The molecule has 0 rings (SSSR count). The molecule has 0 bridgehead atoms. The third-order valence-corrected chi connectivity index (χ3v) is 0.964. The van der Waals surface area contributed by atoms with Crippen molar-refractivity contribution in [2.75, 3.05) is 0 Å². The molecule has 0 spiro atoms. The monoisotopic (exact) mass is 118 g/mol. The summed E-state index contributed by atoms with van der Waals surface area (Å²) in [7, 11) is 0. The predicted molar refractivity (Wildman–Crippen MR) is 30.8 cm³/mol. The van der Waals surface area contributed by atoms with Crippen molar-refractivity contribution in [1.82, 2.24) is 0 Å². The van der Waals surface area contributed by atoms with E-state index in [2.05, 4.69) is 6.92 Å². The maximum atomic E-state index is 8.76. The van der Waals surface area contributed by atoms with E-state index in [0.29, 0.717) is 6.42 Å². The summed E-state index contributed by atoms with van der Waals surface area (Å²) in [6, 6.07) is 0. The van der Waals surface area contributed by atoms with Crippen molar-refractivity contribution in [2.45, 2.75) is 25.2 Å². The molecule has 0 amide bonds. The summed E-state index contributed by atoms with van der Waals surface area (Å²) < 4.78 is 0. The fourth-order valence-electron chi connectivity index (χ4n) is 0.353. The first-order valence-electron chi connectivity index (χ1n) is 2.53. The van der Waals surface area contributed by atoms with Crippen molar-refractivity contribution in [3.63, 3.8) is 0 Å². The highest BCUT2D eigenvalue weighted by Gasteiger charge is 2.22. The minimum absolute atomic E-state index is 0.413. The second-order valence-electron chi connectivity index (χ2n) is 1.92. The summed E-state index contributed by atoms with van der Waals surface area (Å²) in [5.41, 5.74) is 3.30. The van der Waals surface area contributed by atoms with Crippen LogP contribution in [0.25, 0.3) is 0 Å². The van der Waals surface area contributed by atoms with Crippen molar-refractivity contribution in [3.05, 3.63) is 6.92 Å². The number of aliphatic hydroxyl groups excluding tert-OH is 1. The number of hydrogen-bond donors (Lipinski definition) is 3. The molecule has 0 saturated heterocycles. The van der Waals surface area contributed by atoms with E-state index in [-0.39, 0.29) is 0 Å². The lowest BCUT2D eigenvalue weighted by molar-refractivity contribution is -0.0384. The first-order valence-corrected chi connectivity index (χ1v) is 2.53. The van der Waals surface area contributed by atoms with Crippen molar-refractivity contribution >= 4 is 0 Å². The summed E-state index contributed by atoms with van der Waals surface area (Å²) in [5.74, 6) is 0. The van der Waals surface area contributed by atoms with Gasteiger partial charge in [-0.05, 0) is 13.3 Å². The van der Waals surface area contributed by atoms with Crippen molar-refractivity contribution in [1.29, 1.82) is 0 Å². The fraction of sp³-hybridized carbons (Fsp3) is 0.800. The Bertz CT molecular complexity index is 67.3. The summed E-state index contributed by atoms with van der Waals surface area (Å²) in [6.45, 7) is 4.84. The third kappa shape index (κ3) is 2.26. The fourth-order valence-corrected chi connectivity index (χ4v) is 0.353. The molecule has 1 radical (unpaired) electrons. The molecule has 0 aromatic rings. The van der Waals surface area contributed by atoms with E-state index >= 15 is 0 Å². The zero-order chi connectivity index (χ0) is 6.78. The Kier molecular flexibility index (Phi) is 2.40. The molecule has 0 heterocycles. The molecule has 0 saturated carbocycles. The van der Waals surface area contributed by atoms with Crippen LogP contribution in [0.3, 0.4) is 0 Å². The second-order valence-corrected chi connectivity index (χ2v) is 1.92. The molecule has 0 aromatic heterocycles. The van der Waals surface area contributed by atoms with E-state index in [0.717, 1.165) is 0 Å². The number of aliphatic hydroxyl groups is 2. The average Bonchev–Trinajstić information content (AvgIpc) is 1.62. The summed E-state index contributed by atoms with van der Waals surface area (Å²) in [4.78, 5) is 0. The molecule has 3 heteroatoms. The molecule has 3 nitrogen and oxygen atoms in total. The first kappa shape index (κ1) is 7.88. The van der Waals surface area contributed by atoms with Gasteiger partial charge in [0.25, 0.3) is 0 Å². The standard InChI is InChI=1S/C5H12NO2/c1-3-4(7)5(2,6)8/h4,7-8H,2-3,6H2,1H3. The molecule has 4 N–H and O–H groups in total. The van der Waals surface area contributed by atoms with E-state index in [4.69, 9.17) is 15.9 Å². The summed E-state index contributed by atoms with van der Waals surface area (Å²) in [6.07, 6.45) is -0.515. The van der Waals surface area contributed by atoms with Gasteiger partial charge >= 0.3 is 0 Å². The largest absolute Gasteiger partial charge is 0.389 e. The predicted octanol–water partition coefficient (Wildman–Crippen LogP) is -0.761. The van der Waals surface area contributed by atoms with Crippen LogP contribution in [0.2, 0.25) is 0 Å². The average molecular weight is 118 g/mol. The second kappa shape index (κ2) is 2.44. The maximum Gasteiger partial charge on any atom is 0.139 e. The van der Waals surface area contributed by atoms with Crippen LogP contribution in [0.1, 0.15) is 13.3 Å². The third-order valence-electron chi connectivity index (χ3n) is 0.964. The smallest absolute Gasteiger partial charge is 0.139 e. The Morgan fingerprint density at radius 2 is 2.25 bits per heavy atom. The zero-order valence-electron chi connectivity index (χ0n) is 4.96. The maximum absolute atomic E-state index is 8.76. The Labute approximate surface area is 49.1 Å². The van der Waals surface area contributed by atoms with Crippen LogP contribution in [-0.2, 0) is 0 Å². The van der Waals surface area contributed by atoms with Gasteiger partial charge in [0.05, 0.1) is 6.10 Å². The van der Waals surface area contributed by atoms with E-state index in [9.17, 15) is 0 Å². The molecule has 2 unspecified atom stereocenters. The Hall–Kier alpha value is -0.120. The summed E-state index contributed by atoms with van der Waals surface area (Å²) in [5, 5.41) is 17.5. The van der Waals surface area contributed by atoms with Gasteiger partial charge in [-0.25, -0.2) is 0 Å². The van der Waals surface area contributed by atoms with Gasteiger partial charge in [-0.1, -0.05) is 6.92 Å². The van der Waals surface area contributed by atoms with Gasteiger partial charge in [-0.15, -0.1) is 0 Å². The SMILES string of the molecule is [CH2]C(N)(O)C(O)CC. The quantitative estimate of drug-likeness (QED) is 0.417. The molecule has 2 atom stereocenters. The van der Waals surface area contributed by atoms with Gasteiger partial charge in [0.2, 0.25) is 0 Å². The number of hydrogen-bond acceptors (Lipinski definition) is 3. The van der Waals surface area contributed by atoms with E-state index in [1.165, 1.54) is 0 Å². The van der Waals surface area contributed by atoms with Crippen molar-refractivity contribution in [2.24, 2.45) is 5.73 Å². The number of rotatable bonds is 2. The Morgan fingerprint density at radius 1 is 1.88 bits per heavy atom. The lowest BCUT2D eigenvalue weighted by atomic mass is 10.1. The molecule has 0 aromatic carbocycles. The lowest BCUT2D eigenvalue weighted by Crippen LogP contribution is -2.47.